The van der Waals surface area contributed by atoms with E-state index < -0.39 is 12.1 Å². The van der Waals surface area contributed by atoms with Gasteiger partial charge in [0.1, 0.15) is 0 Å². The second-order valence-corrected chi connectivity index (χ2v) is 3.62. The number of aliphatic hydroxyl groups is 1. The summed E-state index contributed by atoms with van der Waals surface area (Å²) in [7, 11) is 1.18. The number of nitrogens with two attached hydrogens (primary N) is 1. The highest BCUT2D eigenvalue weighted by atomic mass is 16.5. The van der Waals surface area contributed by atoms with Crippen molar-refractivity contribution in [1.29, 1.82) is 0 Å². The van der Waals surface area contributed by atoms with E-state index in [1.807, 2.05) is 0 Å². The zero-order valence-corrected chi connectivity index (χ0v) is 9.73. The monoisotopic (exact) mass is 232 g/mol. The average molecular weight is 232 g/mol. The van der Waals surface area contributed by atoms with E-state index in [0.29, 0.717) is 13.0 Å². The largest absolute Gasteiger partial charge is 0.467 e. The topological polar surface area (TPSA) is 102 Å². The Hall–Kier alpha value is -1.14. The molecular formula is C10H20N2O4. The van der Waals surface area contributed by atoms with Gasteiger partial charge in [0.05, 0.1) is 13.7 Å². The molecule has 0 aliphatic carbocycles. The highest BCUT2D eigenvalue weighted by molar-refractivity contribution is 5.80. The molecule has 0 heterocycles. The number of hydrogen-bond acceptors (Lipinski definition) is 5. The fraction of sp³-hybridized carbons (Fsp3) is 0.800. The maximum atomic E-state index is 11.4. The van der Waals surface area contributed by atoms with Gasteiger partial charge in [0.2, 0.25) is 5.91 Å². The fourth-order valence-corrected chi connectivity index (χ4v) is 1.15. The van der Waals surface area contributed by atoms with Gasteiger partial charge < -0.3 is 20.9 Å². The molecule has 0 radical (unpaired) electrons. The summed E-state index contributed by atoms with van der Waals surface area (Å²) in [4.78, 5) is 22.3. The molecule has 6 nitrogen and oxygen atoms in total. The molecule has 0 bridgehead atoms. The van der Waals surface area contributed by atoms with Gasteiger partial charge in [0.15, 0.2) is 6.10 Å². The van der Waals surface area contributed by atoms with Gasteiger partial charge in [-0.15, -0.1) is 0 Å². The minimum Gasteiger partial charge on any atom is -0.467 e. The first kappa shape index (κ1) is 14.9. The van der Waals surface area contributed by atoms with Gasteiger partial charge in [0, 0.05) is 5.92 Å². The van der Waals surface area contributed by atoms with Crippen molar-refractivity contribution < 1.29 is 19.4 Å². The van der Waals surface area contributed by atoms with Crippen LogP contribution in [-0.2, 0) is 14.3 Å². The Labute approximate surface area is 95.1 Å². The Morgan fingerprint density at radius 3 is 2.62 bits per heavy atom. The molecule has 0 aliphatic heterocycles. The molecule has 0 aliphatic rings. The number of esters is 1. The molecule has 0 aromatic heterocycles. The Kier molecular flexibility index (Phi) is 7.49. The summed E-state index contributed by atoms with van der Waals surface area (Å²) in [6.07, 6.45) is 0.154. The molecule has 0 saturated heterocycles. The van der Waals surface area contributed by atoms with Crippen molar-refractivity contribution in [3.8, 4) is 0 Å². The van der Waals surface area contributed by atoms with Crippen molar-refractivity contribution in [3.63, 3.8) is 0 Å². The first-order valence-electron chi connectivity index (χ1n) is 5.26. The lowest BCUT2D eigenvalue weighted by molar-refractivity contribution is -0.150. The van der Waals surface area contributed by atoms with E-state index in [1.165, 1.54) is 7.11 Å². The summed E-state index contributed by atoms with van der Waals surface area (Å²) in [5.41, 5.74) is 5.32. The van der Waals surface area contributed by atoms with Crippen LogP contribution in [0.4, 0.5) is 0 Å². The molecular weight excluding hydrogens is 212 g/mol. The lowest BCUT2D eigenvalue weighted by Crippen LogP contribution is -2.39. The summed E-state index contributed by atoms with van der Waals surface area (Å²) < 4.78 is 4.31. The third-order valence-electron chi connectivity index (χ3n) is 2.23. The van der Waals surface area contributed by atoms with Gasteiger partial charge >= 0.3 is 5.97 Å². The van der Waals surface area contributed by atoms with Crippen molar-refractivity contribution in [1.82, 2.24) is 5.32 Å². The summed E-state index contributed by atoms with van der Waals surface area (Å²) in [5.74, 6) is -1.13. The Morgan fingerprint density at radius 1 is 1.50 bits per heavy atom. The van der Waals surface area contributed by atoms with Gasteiger partial charge in [-0.05, 0) is 19.4 Å². The molecule has 0 spiro atoms. The molecule has 6 heteroatoms. The molecule has 1 amide bonds. The second kappa shape index (κ2) is 8.06. The van der Waals surface area contributed by atoms with Crippen LogP contribution in [0.15, 0.2) is 0 Å². The molecule has 16 heavy (non-hydrogen) atoms. The number of amides is 1. The van der Waals surface area contributed by atoms with E-state index in [9.17, 15) is 14.7 Å². The summed E-state index contributed by atoms with van der Waals surface area (Å²) in [6, 6.07) is 0. The number of methoxy groups -OCH3 is 1. The van der Waals surface area contributed by atoms with Crippen LogP contribution in [0.2, 0.25) is 0 Å². The maximum Gasteiger partial charge on any atom is 0.336 e. The van der Waals surface area contributed by atoms with E-state index >= 15 is 0 Å². The van der Waals surface area contributed by atoms with Gasteiger partial charge in [-0.3, -0.25) is 4.79 Å². The Balaban J connectivity index is 3.83. The highest BCUT2D eigenvalue weighted by Crippen LogP contribution is 2.04. The third-order valence-corrected chi connectivity index (χ3v) is 2.23. The standard InChI is InChI=1S/C10H20N2O4/c1-7(4-3-5-11)9(14)12-6-8(13)10(15)16-2/h7-8,13H,3-6,11H2,1-2H3,(H,12,14). The second-order valence-electron chi connectivity index (χ2n) is 3.62. The van der Waals surface area contributed by atoms with Gasteiger partial charge in [-0.1, -0.05) is 6.92 Å². The number of aliphatic hydroxyl groups excluding tert-OH is 1. The molecule has 0 aromatic rings. The van der Waals surface area contributed by atoms with Gasteiger partial charge in [0.25, 0.3) is 0 Å². The van der Waals surface area contributed by atoms with E-state index in [4.69, 9.17) is 5.73 Å². The summed E-state index contributed by atoms with van der Waals surface area (Å²) in [5, 5.41) is 11.7. The molecule has 94 valence electrons. The Morgan fingerprint density at radius 2 is 2.12 bits per heavy atom. The number of rotatable bonds is 7. The minimum atomic E-state index is -1.31. The molecule has 0 rings (SSSR count). The minimum absolute atomic E-state index is 0.127. The van der Waals surface area contributed by atoms with Crippen molar-refractivity contribution >= 4 is 11.9 Å². The normalized spacial score (nSPS) is 14.0. The SMILES string of the molecule is COC(=O)C(O)CNC(=O)C(C)CCCN. The van der Waals surface area contributed by atoms with Crippen LogP contribution in [0.25, 0.3) is 0 Å². The van der Waals surface area contributed by atoms with Crippen molar-refractivity contribution in [2.45, 2.75) is 25.9 Å². The number of carbonyl (C=O) groups excluding carboxylic acids is 2. The van der Waals surface area contributed by atoms with Crippen LogP contribution < -0.4 is 11.1 Å². The van der Waals surface area contributed by atoms with Crippen LogP contribution in [0.1, 0.15) is 19.8 Å². The van der Waals surface area contributed by atoms with Crippen molar-refractivity contribution in [2.75, 3.05) is 20.2 Å². The first-order chi connectivity index (χ1) is 7.52. The molecule has 2 unspecified atom stereocenters. The molecule has 0 saturated carbocycles. The zero-order valence-electron chi connectivity index (χ0n) is 9.73. The average Bonchev–Trinajstić information content (AvgIpc) is 2.31. The van der Waals surface area contributed by atoms with Gasteiger partial charge in [-0.2, -0.15) is 0 Å². The highest BCUT2D eigenvalue weighted by Gasteiger charge is 2.18. The van der Waals surface area contributed by atoms with Crippen LogP contribution in [0.5, 0.6) is 0 Å². The lowest BCUT2D eigenvalue weighted by Gasteiger charge is -2.13. The quantitative estimate of drug-likeness (QED) is 0.489. The molecule has 4 N–H and O–H groups in total. The summed E-state index contributed by atoms with van der Waals surface area (Å²) in [6.45, 7) is 2.19. The fourth-order valence-electron chi connectivity index (χ4n) is 1.15. The zero-order chi connectivity index (χ0) is 12.6. The van der Waals surface area contributed by atoms with Gasteiger partial charge in [-0.25, -0.2) is 4.79 Å². The number of ether oxygens (including phenoxy) is 1. The predicted octanol–water partition coefficient (Wildman–Crippen LogP) is -0.988. The first-order valence-corrected chi connectivity index (χ1v) is 5.26. The van der Waals surface area contributed by atoms with Crippen LogP contribution >= 0.6 is 0 Å². The lowest BCUT2D eigenvalue weighted by atomic mass is 10.0. The Bertz CT molecular complexity index is 233. The number of carbonyl (C=O) groups is 2. The van der Waals surface area contributed by atoms with Crippen molar-refractivity contribution in [3.05, 3.63) is 0 Å². The van der Waals surface area contributed by atoms with Crippen LogP contribution in [-0.4, -0.2) is 43.3 Å². The third kappa shape index (κ3) is 5.67. The van der Waals surface area contributed by atoms with E-state index in [-0.39, 0.29) is 18.4 Å². The van der Waals surface area contributed by atoms with Crippen molar-refractivity contribution in [2.24, 2.45) is 11.7 Å². The van der Waals surface area contributed by atoms with E-state index in [0.717, 1.165) is 6.42 Å². The molecule has 0 aromatic carbocycles. The van der Waals surface area contributed by atoms with E-state index in [2.05, 4.69) is 10.1 Å². The predicted molar refractivity (Wildman–Crippen MR) is 58.5 cm³/mol. The summed E-state index contributed by atoms with van der Waals surface area (Å²) >= 11 is 0. The van der Waals surface area contributed by atoms with Crippen LogP contribution in [0.3, 0.4) is 0 Å². The number of nitrogens with one attached hydrogen (secondary N) is 1. The van der Waals surface area contributed by atoms with Crippen LogP contribution in [0, 0.1) is 5.92 Å². The van der Waals surface area contributed by atoms with E-state index in [1.54, 1.807) is 6.92 Å². The molecule has 0 fully saturated rings. The maximum absolute atomic E-state index is 11.4. The molecule has 2 atom stereocenters. The smallest absolute Gasteiger partial charge is 0.336 e. The number of hydrogen-bond donors (Lipinski definition) is 3.